The van der Waals surface area contributed by atoms with Crippen LogP contribution in [0.5, 0.6) is 0 Å². The van der Waals surface area contributed by atoms with Crippen molar-refractivity contribution < 1.29 is 26.4 Å². The quantitative estimate of drug-likeness (QED) is 0.554. The fourth-order valence-corrected chi connectivity index (χ4v) is 5.99. The number of piperazine rings is 1. The topological polar surface area (TPSA) is 70.6 Å². The van der Waals surface area contributed by atoms with Gasteiger partial charge in [0.05, 0.1) is 25.7 Å². The molecular formula is C21H20F3N3O3S2. The Kier molecular flexibility index (Phi) is 6.24. The number of amides is 1. The summed E-state index contributed by atoms with van der Waals surface area (Å²) < 4.78 is 66.6. The van der Waals surface area contributed by atoms with Crippen molar-refractivity contribution in [1.82, 2.24) is 14.2 Å². The number of halogens is 3. The minimum absolute atomic E-state index is 0.0332. The average Bonchev–Trinajstić information content (AvgIpc) is 3.20. The molecule has 11 heteroatoms. The van der Waals surface area contributed by atoms with Gasteiger partial charge in [0, 0.05) is 39.0 Å². The Morgan fingerprint density at radius 3 is 2.44 bits per heavy atom. The molecule has 1 aliphatic rings. The molecular weight excluding hydrogens is 463 g/mol. The molecule has 2 aromatic carbocycles. The molecule has 0 aliphatic carbocycles. The number of alkyl halides is 3. The van der Waals surface area contributed by atoms with E-state index in [-0.39, 0.29) is 38.5 Å². The molecule has 0 N–H and O–H groups in total. The summed E-state index contributed by atoms with van der Waals surface area (Å²) >= 11 is 1.54. The van der Waals surface area contributed by atoms with Gasteiger partial charge in [0.15, 0.2) is 0 Å². The molecule has 0 spiro atoms. The smallest absolute Gasteiger partial charge is 0.340 e. The Bertz CT molecular complexity index is 1200. The third-order valence-corrected chi connectivity index (χ3v) is 8.27. The molecule has 3 aromatic rings. The van der Waals surface area contributed by atoms with Gasteiger partial charge in [0.25, 0.3) is 0 Å². The Hall–Kier alpha value is -2.50. The SMILES string of the molecule is O=C(CCc1nc2ccccc2s1)N1CCN(S(=O)(=O)c2cccc(C(F)(F)F)c2)CC1. The first-order valence-corrected chi connectivity index (χ1v) is 12.2. The van der Waals surface area contributed by atoms with E-state index in [0.29, 0.717) is 12.5 Å². The second-order valence-corrected chi connectivity index (χ2v) is 10.4. The van der Waals surface area contributed by atoms with E-state index in [1.807, 2.05) is 24.3 Å². The highest BCUT2D eigenvalue weighted by Gasteiger charge is 2.34. The Balaban J connectivity index is 1.35. The lowest BCUT2D eigenvalue weighted by molar-refractivity contribution is -0.137. The van der Waals surface area contributed by atoms with E-state index in [4.69, 9.17) is 0 Å². The van der Waals surface area contributed by atoms with Crippen LogP contribution in [0.3, 0.4) is 0 Å². The number of thiazole rings is 1. The van der Waals surface area contributed by atoms with Gasteiger partial charge in [-0.3, -0.25) is 4.79 Å². The number of carbonyl (C=O) groups excluding carboxylic acids is 1. The van der Waals surface area contributed by atoms with Crippen molar-refractivity contribution in [3.8, 4) is 0 Å². The molecule has 1 amide bonds. The maximum absolute atomic E-state index is 12.9. The lowest BCUT2D eigenvalue weighted by Gasteiger charge is -2.34. The van der Waals surface area contributed by atoms with E-state index >= 15 is 0 Å². The number of aryl methyl sites for hydroxylation is 1. The van der Waals surface area contributed by atoms with Crippen molar-refractivity contribution >= 4 is 37.5 Å². The van der Waals surface area contributed by atoms with E-state index in [9.17, 15) is 26.4 Å². The van der Waals surface area contributed by atoms with Crippen LogP contribution in [-0.4, -0.2) is 54.7 Å². The van der Waals surface area contributed by atoms with Crippen LogP contribution in [0.15, 0.2) is 53.4 Å². The molecule has 0 saturated carbocycles. The number of para-hydroxylation sites is 1. The van der Waals surface area contributed by atoms with E-state index in [0.717, 1.165) is 37.7 Å². The standard InChI is InChI=1S/C21H20F3N3O3S2/c22-21(23,24)15-4-3-5-16(14-15)32(29,30)27-12-10-26(11-13-27)20(28)9-8-19-25-17-6-1-2-7-18(17)31-19/h1-7,14H,8-13H2. The minimum Gasteiger partial charge on any atom is -0.340 e. The third-order valence-electron chi connectivity index (χ3n) is 5.28. The van der Waals surface area contributed by atoms with Crippen LogP contribution < -0.4 is 0 Å². The highest BCUT2D eigenvalue weighted by Crippen LogP contribution is 2.31. The molecule has 6 nitrogen and oxygen atoms in total. The van der Waals surface area contributed by atoms with Crippen LogP contribution >= 0.6 is 11.3 Å². The van der Waals surface area contributed by atoms with E-state index in [1.165, 1.54) is 0 Å². The molecule has 170 valence electrons. The molecule has 4 rings (SSSR count). The number of benzene rings is 2. The monoisotopic (exact) mass is 483 g/mol. The summed E-state index contributed by atoms with van der Waals surface area (Å²) in [6.45, 7) is 0.449. The van der Waals surface area contributed by atoms with Crippen LogP contribution in [0.2, 0.25) is 0 Å². The van der Waals surface area contributed by atoms with Crippen molar-refractivity contribution in [2.75, 3.05) is 26.2 Å². The second-order valence-electron chi connectivity index (χ2n) is 7.39. The number of rotatable bonds is 5. The van der Waals surface area contributed by atoms with Crippen LogP contribution in [-0.2, 0) is 27.4 Å². The zero-order chi connectivity index (χ0) is 22.9. The summed E-state index contributed by atoms with van der Waals surface area (Å²) in [5.74, 6) is -0.0969. The van der Waals surface area contributed by atoms with Crippen LogP contribution in [0.4, 0.5) is 13.2 Å². The number of hydrogen-bond donors (Lipinski definition) is 0. The number of aromatic nitrogens is 1. The highest BCUT2D eigenvalue weighted by atomic mass is 32.2. The van der Waals surface area contributed by atoms with Crippen LogP contribution in [0, 0.1) is 0 Å². The summed E-state index contributed by atoms with van der Waals surface area (Å²) in [5.41, 5.74) is -0.115. The molecule has 2 heterocycles. The largest absolute Gasteiger partial charge is 0.416 e. The van der Waals surface area contributed by atoms with Gasteiger partial charge >= 0.3 is 6.18 Å². The van der Waals surface area contributed by atoms with Gasteiger partial charge in [-0.15, -0.1) is 11.3 Å². The van der Waals surface area contributed by atoms with Crippen molar-refractivity contribution in [2.45, 2.75) is 23.9 Å². The number of sulfonamides is 1. The lowest BCUT2D eigenvalue weighted by atomic mass is 10.2. The fraction of sp³-hybridized carbons (Fsp3) is 0.333. The second kappa shape index (κ2) is 8.80. The van der Waals surface area contributed by atoms with Crippen molar-refractivity contribution in [3.63, 3.8) is 0 Å². The first kappa shape index (κ1) is 22.7. The van der Waals surface area contributed by atoms with Gasteiger partial charge in [-0.2, -0.15) is 17.5 Å². The van der Waals surface area contributed by atoms with Gasteiger partial charge in [0.1, 0.15) is 0 Å². The number of hydrogen-bond acceptors (Lipinski definition) is 5. The predicted octanol–water partition coefficient (Wildman–Crippen LogP) is 3.78. The predicted molar refractivity (Wildman–Crippen MR) is 115 cm³/mol. The Labute approximate surface area is 187 Å². The van der Waals surface area contributed by atoms with E-state index in [1.54, 1.807) is 16.2 Å². The fourth-order valence-electron chi connectivity index (χ4n) is 3.56. The average molecular weight is 484 g/mol. The molecule has 1 saturated heterocycles. The van der Waals surface area contributed by atoms with Gasteiger partial charge in [-0.1, -0.05) is 18.2 Å². The van der Waals surface area contributed by atoms with Gasteiger partial charge < -0.3 is 4.90 Å². The summed E-state index contributed by atoms with van der Waals surface area (Å²) in [7, 11) is -4.08. The van der Waals surface area contributed by atoms with E-state index < -0.39 is 26.7 Å². The zero-order valence-corrected chi connectivity index (χ0v) is 18.5. The summed E-state index contributed by atoms with van der Waals surface area (Å²) in [6, 6.07) is 11.4. The van der Waals surface area contributed by atoms with E-state index in [2.05, 4.69) is 4.98 Å². The Morgan fingerprint density at radius 2 is 1.75 bits per heavy atom. The normalized spacial score (nSPS) is 15.9. The van der Waals surface area contributed by atoms with Gasteiger partial charge in [-0.25, -0.2) is 13.4 Å². The van der Waals surface area contributed by atoms with Crippen LogP contribution in [0.1, 0.15) is 17.0 Å². The molecule has 1 fully saturated rings. The first-order chi connectivity index (χ1) is 15.1. The third kappa shape index (κ3) is 4.79. The number of carbonyl (C=O) groups is 1. The van der Waals surface area contributed by atoms with Gasteiger partial charge in [0.2, 0.25) is 15.9 Å². The molecule has 1 aliphatic heterocycles. The van der Waals surface area contributed by atoms with Crippen molar-refractivity contribution in [2.24, 2.45) is 0 Å². The lowest BCUT2D eigenvalue weighted by Crippen LogP contribution is -2.50. The van der Waals surface area contributed by atoms with Gasteiger partial charge in [-0.05, 0) is 30.3 Å². The molecule has 0 radical (unpaired) electrons. The highest BCUT2D eigenvalue weighted by molar-refractivity contribution is 7.89. The van der Waals surface area contributed by atoms with Crippen molar-refractivity contribution in [3.05, 3.63) is 59.1 Å². The van der Waals surface area contributed by atoms with Crippen LogP contribution in [0.25, 0.3) is 10.2 Å². The number of nitrogens with zero attached hydrogens (tertiary/aromatic N) is 3. The summed E-state index contributed by atoms with van der Waals surface area (Å²) in [6.07, 6.45) is -3.86. The summed E-state index contributed by atoms with van der Waals surface area (Å²) in [4.78, 5) is 18.3. The number of fused-ring (bicyclic) bond motifs is 1. The molecule has 1 aromatic heterocycles. The minimum atomic E-state index is -4.63. The van der Waals surface area contributed by atoms with Crippen molar-refractivity contribution in [1.29, 1.82) is 0 Å². The molecule has 32 heavy (non-hydrogen) atoms. The Morgan fingerprint density at radius 1 is 1.03 bits per heavy atom. The summed E-state index contributed by atoms with van der Waals surface area (Å²) in [5, 5.41) is 0.866. The maximum atomic E-state index is 12.9. The molecule has 0 bridgehead atoms. The molecule has 0 unspecified atom stereocenters. The maximum Gasteiger partial charge on any atom is 0.416 e. The molecule has 0 atom stereocenters. The zero-order valence-electron chi connectivity index (χ0n) is 16.9. The first-order valence-electron chi connectivity index (χ1n) is 9.94.